The fourth-order valence-corrected chi connectivity index (χ4v) is 5.94. The molecular weight excluding hydrogens is 546 g/mol. The fraction of sp³-hybridized carbons (Fsp3) is 0.419. The molecule has 2 fully saturated rings. The van der Waals surface area contributed by atoms with Crippen LogP contribution in [0.5, 0.6) is 11.8 Å². The van der Waals surface area contributed by atoms with Gasteiger partial charge < -0.3 is 28.6 Å². The number of methoxy groups -OCH3 is 1. The van der Waals surface area contributed by atoms with Gasteiger partial charge in [0.1, 0.15) is 34.9 Å². The molecule has 0 aliphatic carbocycles. The van der Waals surface area contributed by atoms with Gasteiger partial charge in [-0.2, -0.15) is 9.97 Å². The number of nitrogens with zero attached hydrogens (tertiary/aromatic N) is 4. The first-order valence-electron chi connectivity index (χ1n) is 14.2. The van der Waals surface area contributed by atoms with Gasteiger partial charge in [-0.15, -0.1) is 0 Å². The van der Waals surface area contributed by atoms with Crippen LogP contribution in [-0.4, -0.2) is 67.0 Å². The van der Waals surface area contributed by atoms with Crippen molar-refractivity contribution >= 4 is 33.8 Å². The Morgan fingerprint density at radius 1 is 1.17 bits per heavy atom. The number of fused-ring (bicyclic) bond motifs is 2. The van der Waals surface area contributed by atoms with Crippen molar-refractivity contribution in [3.63, 3.8) is 0 Å². The predicted octanol–water partition coefficient (Wildman–Crippen LogP) is 5.40. The van der Waals surface area contributed by atoms with Gasteiger partial charge in [-0.3, -0.25) is 4.98 Å². The minimum atomic E-state index is -0.695. The van der Waals surface area contributed by atoms with Crippen molar-refractivity contribution in [3.8, 4) is 23.0 Å². The number of aromatic nitrogens is 3. The van der Waals surface area contributed by atoms with Gasteiger partial charge in [-0.05, 0) is 53.8 Å². The maximum Gasteiger partial charge on any atom is 0.319 e. The number of anilines is 1. The van der Waals surface area contributed by atoms with Crippen LogP contribution in [0.15, 0.2) is 30.5 Å². The zero-order valence-corrected chi connectivity index (χ0v) is 23.6. The summed E-state index contributed by atoms with van der Waals surface area (Å²) >= 11 is 0. The molecule has 2 aromatic heterocycles. The minimum absolute atomic E-state index is 0.00315. The third kappa shape index (κ3) is 5.11. The maximum absolute atomic E-state index is 16.7. The summed E-state index contributed by atoms with van der Waals surface area (Å²) in [6, 6.07) is 6.41. The average molecular weight is 579 g/mol. The van der Waals surface area contributed by atoms with Crippen LogP contribution in [0.1, 0.15) is 38.2 Å². The van der Waals surface area contributed by atoms with Gasteiger partial charge in [-0.25, -0.2) is 8.78 Å². The van der Waals surface area contributed by atoms with Crippen molar-refractivity contribution in [1.82, 2.24) is 15.0 Å². The number of carbonyl (C=O) groups is 1. The molecule has 6 rings (SSSR count). The summed E-state index contributed by atoms with van der Waals surface area (Å²) in [7, 11) is 1.50. The number of ether oxygens (including phenoxy) is 4. The van der Waals surface area contributed by atoms with Gasteiger partial charge in [0.25, 0.3) is 0 Å². The minimum Gasteiger partial charge on any atom is -0.468 e. The molecule has 0 bridgehead atoms. The van der Waals surface area contributed by atoms with Crippen LogP contribution < -0.4 is 14.4 Å². The molecule has 2 aliphatic heterocycles. The van der Waals surface area contributed by atoms with E-state index in [4.69, 9.17) is 18.9 Å². The van der Waals surface area contributed by atoms with E-state index in [-0.39, 0.29) is 48.5 Å². The second kappa shape index (κ2) is 11.7. The maximum atomic E-state index is 16.7. The standard InChI is InChI=1S/C31H32F2N4O5/c1-3-21-24(32)7-6-19-14-20(41-18-39-2)15-22(25(19)21)27-26(33)28-23(16-34-27)29(36-30(35-28)40-12-5-11-38)37-10-4-8-31(17-37)9-13-42-31/h6-7,11,14-16H,3-5,8-10,12-13,17-18H2,1-2H3. The predicted molar refractivity (Wildman–Crippen MR) is 153 cm³/mol. The highest BCUT2D eigenvalue weighted by molar-refractivity contribution is 6.01. The van der Waals surface area contributed by atoms with Gasteiger partial charge in [0.05, 0.1) is 24.2 Å². The van der Waals surface area contributed by atoms with E-state index in [1.165, 1.54) is 13.2 Å². The highest BCUT2D eigenvalue weighted by Crippen LogP contribution is 2.41. The molecule has 9 nitrogen and oxygen atoms in total. The summed E-state index contributed by atoms with van der Waals surface area (Å²) in [5, 5.41) is 1.65. The molecule has 2 aromatic carbocycles. The van der Waals surface area contributed by atoms with Crippen LogP contribution in [0.25, 0.3) is 32.9 Å². The molecule has 4 aromatic rings. The number of hydrogen-bond donors (Lipinski definition) is 0. The Morgan fingerprint density at radius 3 is 2.76 bits per heavy atom. The van der Waals surface area contributed by atoms with E-state index in [1.807, 2.05) is 6.92 Å². The van der Waals surface area contributed by atoms with Crippen molar-refractivity contribution in [2.75, 3.05) is 45.1 Å². The van der Waals surface area contributed by atoms with Gasteiger partial charge in [-0.1, -0.05) is 13.0 Å². The number of carbonyl (C=O) groups excluding carboxylic acids is 1. The van der Waals surface area contributed by atoms with Crippen molar-refractivity contribution in [1.29, 1.82) is 0 Å². The number of hydrogen-bond acceptors (Lipinski definition) is 9. The van der Waals surface area contributed by atoms with Crippen LogP contribution in [0.3, 0.4) is 0 Å². The molecule has 2 saturated heterocycles. The van der Waals surface area contributed by atoms with Crippen LogP contribution in [0.2, 0.25) is 0 Å². The summed E-state index contributed by atoms with van der Waals surface area (Å²) in [5.74, 6) is -0.157. The summed E-state index contributed by atoms with van der Waals surface area (Å²) < 4.78 is 54.1. The first kappa shape index (κ1) is 28.2. The van der Waals surface area contributed by atoms with E-state index >= 15 is 4.39 Å². The monoisotopic (exact) mass is 578 g/mol. The molecule has 1 atom stereocenters. The lowest BCUT2D eigenvalue weighted by Gasteiger charge is -2.48. The molecule has 4 heterocycles. The smallest absolute Gasteiger partial charge is 0.319 e. The zero-order valence-electron chi connectivity index (χ0n) is 23.6. The summed E-state index contributed by atoms with van der Waals surface area (Å²) in [6.07, 6.45) is 5.64. The lowest BCUT2D eigenvalue weighted by molar-refractivity contribution is -0.151. The molecule has 11 heteroatoms. The van der Waals surface area contributed by atoms with Crippen LogP contribution in [-0.2, 0) is 20.7 Å². The normalized spacial score (nSPS) is 18.4. The van der Waals surface area contributed by atoms with E-state index in [2.05, 4.69) is 19.9 Å². The Balaban J connectivity index is 1.54. The van der Waals surface area contributed by atoms with E-state index in [0.717, 1.165) is 32.2 Å². The van der Waals surface area contributed by atoms with Gasteiger partial charge in [0.15, 0.2) is 12.6 Å². The SMILES string of the molecule is CCc1c(F)ccc2cc(OCOC)cc(-c3ncc4c(N5CCCC6(CCO6)C5)nc(OCCC=O)nc4c3F)c12. The largest absolute Gasteiger partial charge is 0.468 e. The first-order valence-corrected chi connectivity index (χ1v) is 14.2. The lowest BCUT2D eigenvalue weighted by atomic mass is 9.86. The van der Waals surface area contributed by atoms with E-state index in [1.54, 1.807) is 24.4 Å². The van der Waals surface area contributed by atoms with Gasteiger partial charge >= 0.3 is 6.01 Å². The Morgan fingerprint density at radius 2 is 2.02 bits per heavy atom. The van der Waals surface area contributed by atoms with Crippen LogP contribution in [0, 0.1) is 11.6 Å². The second-order valence-corrected chi connectivity index (χ2v) is 10.6. The van der Waals surface area contributed by atoms with Crippen molar-refractivity contribution in [2.45, 2.75) is 44.6 Å². The van der Waals surface area contributed by atoms with E-state index in [9.17, 15) is 9.18 Å². The molecule has 42 heavy (non-hydrogen) atoms. The van der Waals surface area contributed by atoms with Gasteiger partial charge in [0.2, 0.25) is 0 Å². The van der Waals surface area contributed by atoms with Crippen LogP contribution >= 0.6 is 0 Å². The molecule has 1 unspecified atom stereocenters. The Hall–Kier alpha value is -3.96. The second-order valence-electron chi connectivity index (χ2n) is 10.6. The number of benzene rings is 2. The molecular formula is C31H32F2N4O5. The Kier molecular flexibility index (Phi) is 7.87. The average Bonchev–Trinajstić information content (AvgIpc) is 2.99. The quantitative estimate of drug-likeness (QED) is 0.139. The highest BCUT2D eigenvalue weighted by Gasteiger charge is 2.43. The Labute approximate surface area is 241 Å². The molecule has 0 amide bonds. The highest BCUT2D eigenvalue weighted by atomic mass is 19.1. The van der Waals surface area contributed by atoms with E-state index in [0.29, 0.717) is 58.4 Å². The number of rotatable bonds is 10. The summed E-state index contributed by atoms with van der Waals surface area (Å²) in [5.41, 5.74) is 0.602. The first-order chi connectivity index (χ1) is 20.5. The Bertz CT molecular complexity index is 1650. The topological polar surface area (TPSA) is 95.9 Å². The number of piperidine rings is 1. The summed E-state index contributed by atoms with van der Waals surface area (Å²) in [4.78, 5) is 26.6. The molecule has 1 spiro atoms. The van der Waals surface area contributed by atoms with Crippen LogP contribution in [0.4, 0.5) is 14.6 Å². The molecule has 0 radical (unpaired) electrons. The van der Waals surface area contributed by atoms with Gasteiger partial charge in [0, 0.05) is 44.8 Å². The van der Waals surface area contributed by atoms with Crippen molar-refractivity contribution in [2.24, 2.45) is 0 Å². The van der Waals surface area contributed by atoms with Crippen molar-refractivity contribution < 1.29 is 32.5 Å². The number of pyridine rings is 1. The molecule has 2 aliphatic rings. The van der Waals surface area contributed by atoms with E-state index < -0.39 is 5.82 Å². The lowest BCUT2D eigenvalue weighted by Crippen LogP contribution is -2.56. The zero-order chi connectivity index (χ0) is 29.3. The number of aldehydes is 1. The molecule has 220 valence electrons. The molecule has 0 saturated carbocycles. The number of aryl methyl sites for hydroxylation is 1. The summed E-state index contributed by atoms with van der Waals surface area (Å²) in [6.45, 7) is 3.93. The molecule has 0 N–H and O–H groups in total. The number of halogens is 2. The third-order valence-corrected chi connectivity index (χ3v) is 8.01. The third-order valence-electron chi connectivity index (χ3n) is 8.01. The fourth-order valence-electron chi connectivity index (χ4n) is 5.94. The van der Waals surface area contributed by atoms with Crippen molar-refractivity contribution in [3.05, 3.63) is 47.7 Å².